The van der Waals surface area contributed by atoms with Crippen molar-refractivity contribution in [1.29, 1.82) is 0 Å². The molecule has 0 aliphatic heterocycles. The van der Waals surface area contributed by atoms with Gasteiger partial charge in [0.25, 0.3) is 0 Å². The number of amides is 1. The molecule has 0 bridgehead atoms. The summed E-state index contributed by atoms with van der Waals surface area (Å²) in [5, 5.41) is 3.49. The van der Waals surface area contributed by atoms with Crippen LogP contribution in [0, 0.1) is 13.8 Å². The average Bonchev–Trinajstić information content (AvgIpc) is 3.07. The number of thiazole rings is 1. The quantitative estimate of drug-likeness (QED) is 0.484. The molecular weight excluding hydrogens is 403 g/mol. The van der Waals surface area contributed by atoms with Crippen LogP contribution in [0.2, 0.25) is 10.0 Å². The Balaban J connectivity index is 1.81. The number of ether oxygens (including phenoxy) is 1. The standard InChI is InChI=1S/C20H18Cl2N2O2S/c1-12-4-6-17(8-13(12)2)24(14(3)25)20-23-16(11-27-20)10-26-19-9-15(21)5-7-18(19)22/h4-9,11H,10H2,1-3H3. The predicted molar refractivity (Wildman–Crippen MR) is 112 cm³/mol. The van der Waals surface area contributed by atoms with E-state index in [4.69, 9.17) is 27.9 Å². The highest BCUT2D eigenvalue weighted by Gasteiger charge is 2.18. The normalized spacial score (nSPS) is 10.7. The zero-order valence-corrected chi connectivity index (χ0v) is 17.5. The zero-order valence-electron chi connectivity index (χ0n) is 15.1. The Hall–Kier alpha value is -2.08. The molecule has 1 heterocycles. The van der Waals surface area contributed by atoms with Crippen LogP contribution in [0.5, 0.6) is 5.75 Å². The van der Waals surface area contributed by atoms with Gasteiger partial charge in [-0.05, 0) is 49.2 Å². The van der Waals surface area contributed by atoms with Crippen molar-refractivity contribution in [1.82, 2.24) is 4.98 Å². The van der Waals surface area contributed by atoms with Gasteiger partial charge in [-0.15, -0.1) is 11.3 Å². The van der Waals surface area contributed by atoms with E-state index in [1.165, 1.54) is 23.8 Å². The van der Waals surface area contributed by atoms with Crippen LogP contribution in [0.15, 0.2) is 41.8 Å². The molecule has 0 aliphatic carbocycles. The van der Waals surface area contributed by atoms with Gasteiger partial charge in [0.15, 0.2) is 5.13 Å². The molecule has 1 aromatic heterocycles. The lowest BCUT2D eigenvalue weighted by Crippen LogP contribution is -2.22. The Labute approximate surface area is 172 Å². The smallest absolute Gasteiger partial charge is 0.230 e. The van der Waals surface area contributed by atoms with E-state index < -0.39 is 0 Å². The van der Waals surface area contributed by atoms with Gasteiger partial charge in [0.05, 0.1) is 16.4 Å². The second-order valence-electron chi connectivity index (χ2n) is 6.11. The van der Waals surface area contributed by atoms with E-state index >= 15 is 0 Å². The SMILES string of the molecule is CC(=O)N(c1ccc(C)c(C)c1)c1nc(COc2cc(Cl)ccc2Cl)cs1. The number of aromatic nitrogens is 1. The number of aryl methyl sites for hydroxylation is 2. The Bertz CT molecular complexity index is 988. The Morgan fingerprint density at radius 2 is 1.93 bits per heavy atom. The van der Waals surface area contributed by atoms with E-state index in [2.05, 4.69) is 4.98 Å². The Morgan fingerprint density at radius 1 is 1.15 bits per heavy atom. The lowest BCUT2D eigenvalue weighted by Gasteiger charge is -2.19. The molecule has 7 heteroatoms. The average molecular weight is 421 g/mol. The van der Waals surface area contributed by atoms with Crippen molar-refractivity contribution in [3.8, 4) is 5.75 Å². The molecule has 0 aliphatic rings. The van der Waals surface area contributed by atoms with Crippen LogP contribution in [0.1, 0.15) is 23.7 Å². The molecule has 0 saturated carbocycles. The lowest BCUT2D eigenvalue weighted by molar-refractivity contribution is -0.115. The van der Waals surface area contributed by atoms with E-state index in [0.29, 0.717) is 26.6 Å². The summed E-state index contributed by atoms with van der Waals surface area (Å²) in [6.45, 7) is 5.82. The molecule has 0 N–H and O–H groups in total. The molecule has 0 saturated heterocycles. The molecule has 4 nitrogen and oxygen atoms in total. The number of carbonyl (C=O) groups is 1. The van der Waals surface area contributed by atoms with E-state index in [1.807, 2.05) is 37.4 Å². The van der Waals surface area contributed by atoms with Crippen LogP contribution in [-0.4, -0.2) is 10.9 Å². The second kappa shape index (κ2) is 8.30. The first-order valence-electron chi connectivity index (χ1n) is 8.25. The van der Waals surface area contributed by atoms with E-state index in [0.717, 1.165) is 11.3 Å². The van der Waals surface area contributed by atoms with Crippen LogP contribution in [0.3, 0.4) is 0 Å². The third-order valence-corrected chi connectivity index (χ3v) is 5.49. The van der Waals surface area contributed by atoms with Gasteiger partial charge >= 0.3 is 0 Å². The third kappa shape index (κ3) is 4.61. The molecule has 140 valence electrons. The number of carbonyl (C=O) groups excluding carboxylic acids is 1. The van der Waals surface area contributed by atoms with E-state index in [-0.39, 0.29) is 12.5 Å². The first-order chi connectivity index (χ1) is 12.8. The van der Waals surface area contributed by atoms with Crippen molar-refractivity contribution in [2.45, 2.75) is 27.4 Å². The molecule has 0 spiro atoms. The minimum Gasteiger partial charge on any atom is -0.486 e. The number of benzene rings is 2. The molecule has 0 atom stereocenters. The van der Waals surface area contributed by atoms with Crippen molar-refractivity contribution < 1.29 is 9.53 Å². The molecule has 1 amide bonds. The summed E-state index contributed by atoms with van der Waals surface area (Å²) >= 11 is 13.5. The number of halogens is 2. The molecule has 0 fully saturated rings. The molecule has 3 aromatic rings. The highest BCUT2D eigenvalue weighted by molar-refractivity contribution is 7.14. The first-order valence-corrected chi connectivity index (χ1v) is 9.89. The summed E-state index contributed by atoms with van der Waals surface area (Å²) in [5.41, 5.74) is 3.80. The van der Waals surface area contributed by atoms with Gasteiger partial charge in [0.2, 0.25) is 5.91 Å². The van der Waals surface area contributed by atoms with Gasteiger partial charge in [-0.25, -0.2) is 4.98 Å². The third-order valence-electron chi connectivity index (χ3n) is 4.06. The Morgan fingerprint density at radius 3 is 2.63 bits per heavy atom. The number of hydrogen-bond acceptors (Lipinski definition) is 4. The minimum atomic E-state index is -0.0991. The summed E-state index contributed by atoms with van der Waals surface area (Å²) in [4.78, 5) is 18.4. The topological polar surface area (TPSA) is 42.4 Å². The summed E-state index contributed by atoms with van der Waals surface area (Å²) in [5.74, 6) is 0.397. The maximum Gasteiger partial charge on any atom is 0.230 e. The summed E-state index contributed by atoms with van der Waals surface area (Å²) in [7, 11) is 0. The molecule has 0 radical (unpaired) electrons. The maximum absolute atomic E-state index is 12.2. The zero-order chi connectivity index (χ0) is 19.6. The number of rotatable bonds is 5. The minimum absolute atomic E-state index is 0.0991. The molecule has 2 aromatic carbocycles. The van der Waals surface area contributed by atoms with Gasteiger partial charge < -0.3 is 4.74 Å². The number of nitrogens with zero attached hydrogens (tertiary/aromatic N) is 2. The monoisotopic (exact) mass is 420 g/mol. The van der Waals surface area contributed by atoms with Gasteiger partial charge in [0, 0.05) is 23.4 Å². The maximum atomic E-state index is 12.2. The fourth-order valence-corrected chi connectivity index (χ4v) is 3.70. The van der Waals surface area contributed by atoms with Crippen LogP contribution in [-0.2, 0) is 11.4 Å². The lowest BCUT2D eigenvalue weighted by atomic mass is 10.1. The van der Waals surface area contributed by atoms with Crippen molar-refractivity contribution >= 4 is 51.3 Å². The van der Waals surface area contributed by atoms with Gasteiger partial charge in [-0.1, -0.05) is 29.3 Å². The first kappa shape index (κ1) is 19.7. The predicted octanol–water partition coefficient (Wildman–Crippen LogP) is 6.33. The fraction of sp³-hybridized carbons (Fsp3) is 0.200. The number of anilines is 2. The fourth-order valence-electron chi connectivity index (χ4n) is 2.50. The van der Waals surface area contributed by atoms with E-state index in [1.54, 1.807) is 23.1 Å². The van der Waals surface area contributed by atoms with Crippen molar-refractivity contribution in [3.05, 3.63) is 68.6 Å². The van der Waals surface area contributed by atoms with Gasteiger partial charge in [-0.3, -0.25) is 9.69 Å². The number of hydrogen-bond donors (Lipinski definition) is 0. The van der Waals surface area contributed by atoms with Gasteiger partial charge in [-0.2, -0.15) is 0 Å². The van der Waals surface area contributed by atoms with Crippen molar-refractivity contribution in [2.24, 2.45) is 0 Å². The van der Waals surface area contributed by atoms with Crippen molar-refractivity contribution in [2.75, 3.05) is 4.90 Å². The van der Waals surface area contributed by atoms with E-state index in [9.17, 15) is 4.79 Å². The Kier molecular flexibility index (Phi) is 6.05. The molecule has 0 unspecified atom stereocenters. The van der Waals surface area contributed by atoms with Gasteiger partial charge in [0.1, 0.15) is 12.4 Å². The molecular formula is C20H18Cl2N2O2S. The van der Waals surface area contributed by atoms with Crippen LogP contribution in [0.4, 0.5) is 10.8 Å². The van der Waals surface area contributed by atoms with Crippen molar-refractivity contribution in [3.63, 3.8) is 0 Å². The molecule has 3 rings (SSSR count). The van der Waals surface area contributed by atoms with Crippen LogP contribution >= 0.6 is 34.5 Å². The van der Waals surface area contributed by atoms with Crippen LogP contribution < -0.4 is 9.64 Å². The summed E-state index contributed by atoms with van der Waals surface area (Å²) < 4.78 is 5.72. The largest absolute Gasteiger partial charge is 0.486 e. The highest BCUT2D eigenvalue weighted by Crippen LogP contribution is 2.32. The van der Waals surface area contributed by atoms with Crippen LogP contribution in [0.25, 0.3) is 0 Å². The second-order valence-corrected chi connectivity index (χ2v) is 7.79. The highest BCUT2D eigenvalue weighted by atomic mass is 35.5. The molecule has 27 heavy (non-hydrogen) atoms. The summed E-state index contributed by atoms with van der Waals surface area (Å²) in [6.07, 6.45) is 0. The summed E-state index contributed by atoms with van der Waals surface area (Å²) in [6, 6.07) is 11.0.